The molecule has 2 aromatic rings. The SMILES string of the molecule is CC(C)(O)c1ccc(OCC(=O)NCCc2ccc(F)cc2)cc1. The van der Waals surface area contributed by atoms with Crippen molar-refractivity contribution in [2.75, 3.05) is 13.2 Å². The van der Waals surface area contributed by atoms with Crippen molar-refractivity contribution in [1.29, 1.82) is 0 Å². The Bertz CT molecular complexity index is 661. The van der Waals surface area contributed by atoms with Gasteiger partial charge in [-0.2, -0.15) is 0 Å². The molecule has 0 fully saturated rings. The van der Waals surface area contributed by atoms with Gasteiger partial charge in [0.25, 0.3) is 5.91 Å². The van der Waals surface area contributed by atoms with E-state index in [4.69, 9.17) is 4.74 Å². The van der Waals surface area contributed by atoms with Crippen molar-refractivity contribution in [3.8, 4) is 5.75 Å². The zero-order valence-electron chi connectivity index (χ0n) is 13.9. The van der Waals surface area contributed by atoms with Crippen LogP contribution in [0.2, 0.25) is 0 Å². The maximum Gasteiger partial charge on any atom is 0.257 e. The van der Waals surface area contributed by atoms with Gasteiger partial charge in [-0.25, -0.2) is 4.39 Å². The molecule has 5 heteroatoms. The second-order valence-corrected chi connectivity index (χ2v) is 6.10. The van der Waals surface area contributed by atoms with Gasteiger partial charge in [0.15, 0.2) is 6.61 Å². The Morgan fingerprint density at radius 3 is 2.33 bits per heavy atom. The fraction of sp³-hybridized carbons (Fsp3) is 0.316. The average molecular weight is 331 g/mol. The molecule has 0 unspecified atom stereocenters. The van der Waals surface area contributed by atoms with Crippen molar-refractivity contribution in [1.82, 2.24) is 5.32 Å². The van der Waals surface area contributed by atoms with Crippen LogP contribution in [0.1, 0.15) is 25.0 Å². The van der Waals surface area contributed by atoms with Crippen LogP contribution in [0.5, 0.6) is 5.75 Å². The summed E-state index contributed by atoms with van der Waals surface area (Å²) in [5.41, 5.74) is 0.828. The lowest BCUT2D eigenvalue weighted by Crippen LogP contribution is -2.30. The van der Waals surface area contributed by atoms with Crippen LogP contribution in [0.3, 0.4) is 0 Å². The largest absolute Gasteiger partial charge is 0.484 e. The first-order valence-electron chi connectivity index (χ1n) is 7.81. The molecule has 0 spiro atoms. The summed E-state index contributed by atoms with van der Waals surface area (Å²) in [4.78, 5) is 11.8. The van der Waals surface area contributed by atoms with Crippen LogP contribution in [0.15, 0.2) is 48.5 Å². The van der Waals surface area contributed by atoms with Gasteiger partial charge < -0.3 is 15.2 Å². The highest BCUT2D eigenvalue weighted by Gasteiger charge is 2.15. The zero-order chi connectivity index (χ0) is 17.6. The molecule has 1 amide bonds. The van der Waals surface area contributed by atoms with E-state index in [0.717, 1.165) is 11.1 Å². The van der Waals surface area contributed by atoms with Crippen LogP contribution in [-0.4, -0.2) is 24.2 Å². The first-order valence-corrected chi connectivity index (χ1v) is 7.81. The topological polar surface area (TPSA) is 58.6 Å². The lowest BCUT2D eigenvalue weighted by Gasteiger charge is -2.17. The summed E-state index contributed by atoms with van der Waals surface area (Å²) in [6, 6.07) is 13.2. The molecular formula is C19H22FNO3. The van der Waals surface area contributed by atoms with E-state index in [1.165, 1.54) is 12.1 Å². The van der Waals surface area contributed by atoms with Gasteiger partial charge in [-0.05, 0) is 55.7 Å². The number of nitrogens with one attached hydrogen (secondary N) is 1. The highest BCUT2D eigenvalue weighted by molar-refractivity contribution is 5.77. The number of hydrogen-bond donors (Lipinski definition) is 2. The van der Waals surface area contributed by atoms with Crippen molar-refractivity contribution in [3.63, 3.8) is 0 Å². The highest BCUT2D eigenvalue weighted by Crippen LogP contribution is 2.22. The third kappa shape index (κ3) is 5.66. The molecule has 0 bridgehead atoms. The molecule has 0 saturated heterocycles. The van der Waals surface area contributed by atoms with Crippen LogP contribution in [0.4, 0.5) is 4.39 Å². The molecular weight excluding hydrogens is 309 g/mol. The van der Waals surface area contributed by atoms with Crippen molar-refractivity contribution < 1.29 is 19.0 Å². The predicted molar refractivity (Wildman–Crippen MR) is 90.3 cm³/mol. The van der Waals surface area contributed by atoms with Crippen LogP contribution in [0, 0.1) is 5.82 Å². The normalized spacial score (nSPS) is 11.2. The van der Waals surface area contributed by atoms with Gasteiger partial charge in [-0.15, -0.1) is 0 Å². The van der Waals surface area contributed by atoms with Gasteiger partial charge in [0.2, 0.25) is 0 Å². The number of carbonyl (C=O) groups is 1. The number of ether oxygens (including phenoxy) is 1. The number of benzene rings is 2. The molecule has 0 saturated carbocycles. The molecule has 0 atom stereocenters. The van der Waals surface area contributed by atoms with Gasteiger partial charge in [-0.1, -0.05) is 24.3 Å². The van der Waals surface area contributed by atoms with Gasteiger partial charge in [0.05, 0.1) is 5.60 Å². The first kappa shape index (κ1) is 17.9. The fourth-order valence-corrected chi connectivity index (χ4v) is 2.16. The molecule has 0 aromatic heterocycles. The Morgan fingerprint density at radius 2 is 1.75 bits per heavy atom. The van der Waals surface area contributed by atoms with Gasteiger partial charge >= 0.3 is 0 Å². The number of aliphatic hydroxyl groups is 1. The molecule has 0 aliphatic carbocycles. The smallest absolute Gasteiger partial charge is 0.257 e. The second-order valence-electron chi connectivity index (χ2n) is 6.10. The minimum Gasteiger partial charge on any atom is -0.484 e. The maximum absolute atomic E-state index is 12.8. The summed E-state index contributed by atoms with van der Waals surface area (Å²) in [6.45, 7) is 3.80. The molecule has 0 aliphatic rings. The summed E-state index contributed by atoms with van der Waals surface area (Å²) >= 11 is 0. The van der Waals surface area contributed by atoms with Gasteiger partial charge in [-0.3, -0.25) is 4.79 Å². The summed E-state index contributed by atoms with van der Waals surface area (Å²) < 4.78 is 18.2. The molecule has 2 rings (SSSR count). The third-order valence-electron chi connectivity index (χ3n) is 3.58. The van der Waals surface area contributed by atoms with E-state index in [9.17, 15) is 14.3 Å². The minimum atomic E-state index is -0.906. The molecule has 2 N–H and O–H groups in total. The molecule has 0 aliphatic heterocycles. The van der Waals surface area contributed by atoms with Crippen molar-refractivity contribution in [3.05, 3.63) is 65.5 Å². The summed E-state index contributed by atoms with van der Waals surface area (Å²) in [5.74, 6) is 0.0761. The first-order chi connectivity index (χ1) is 11.3. The lowest BCUT2D eigenvalue weighted by molar-refractivity contribution is -0.123. The minimum absolute atomic E-state index is 0.0781. The maximum atomic E-state index is 12.8. The molecule has 24 heavy (non-hydrogen) atoms. The number of hydrogen-bond acceptors (Lipinski definition) is 3. The van der Waals surface area contributed by atoms with Crippen LogP contribution in [0.25, 0.3) is 0 Å². The van der Waals surface area contributed by atoms with E-state index in [0.29, 0.717) is 18.7 Å². The van der Waals surface area contributed by atoms with Gasteiger partial charge in [0.1, 0.15) is 11.6 Å². The van der Waals surface area contributed by atoms with Crippen molar-refractivity contribution in [2.45, 2.75) is 25.9 Å². The van der Waals surface area contributed by atoms with Crippen molar-refractivity contribution in [2.24, 2.45) is 0 Å². The Labute approximate surface area is 141 Å². The van der Waals surface area contributed by atoms with E-state index >= 15 is 0 Å². The quantitative estimate of drug-likeness (QED) is 0.820. The lowest BCUT2D eigenvalue weighted by atomic mass is 9.99. The number of rotatable bonds is 7. The predicted octanol–water partition coefficient (Wildman–Crippen LogP) is 2.79. The monoisotopic (exact) mass is 331 g/mol. The second kappa shape index (κ2) is 7.93. The summed E-state index contributed by atoms with van der Waals surface area (Å²) in [5, 5.41) is 12.6. The third-order valence-corrected chi connectivity index (χ3v) is 3.58. The van der Waals surface area contributed by atoms with E-state index < -0.39 is 5.60 Å². The number of amides is 1. The molecule has 4 nitrogen and oxygen atoms in total. The average Bonchev–Trinajstić information content (AvgIpc) is 2.54. The molecule has 128 valence electrons. The van der Waals surface area contributed by atoms with E-state index in [2.05, 4.69) is 5.32 Å². The molecule has 0 radical (unpaired) electrons. The zero-order valence-corrected chi connectivity index (χ0v) is 13.9. The van der Waals surface area contributed by atoms with Crippen molar-refractivity contribution >= 4 is 5.91 Å². The fourth-order valence-electron chi connectivity index (χ4n) is 2.16. The Hall–Kier alpha value is -2.40. The van der Waals surface area contributed by atoms with Crippen LogP contribution in [-0.2, 0) is 16.8 Å². The highest BCUT2D eigenvalue weighted by atomic mass is 19.1. The van der Waals surface area contributed by atoms with Gasteiger partial charge in [0, 0.05) is 6.54 Å². The molecule has 2 aromatic carbocycles. The molecule has 0 heterocycles. The van der Waals surface area contributed by atoms with Crippen LogP contribution >= 0.6 is 0 Å². The van der Waals surface area contributed by atoms with E-state index in [-0.39, 0.29) is 18.3 Å². The summed E-state index contributed by atoms with van der Waals surface area (Å²) in [6.07, 6.45) is 0.631. The Morgan fingerprint density at radius 1 is 1.12 bits per heavy atom. The number of halogens is 1. The van der Waals surface area contributed by atoms with E-state index in [1.54, 1.807) is 50.2 Å². The van der Waals surface area contributed by atoms with Crippen LogP contribution < -0.4 is 10.1 Å². The Balaban J connectivity index is 1.72. The Kier molecular flexibility index (Phi) is 5.93. The van der Waals surface area contributed by atoms with E-state index in [1.807, 2.05) is 0 Å². The summed E-state index contributed by atoms with van der Waals surface area (Å²) in [7, 11) is 0. The number of carbonyl (C=O) groups excluding carboxylic acids is 1. The standard InChI is InChI=1S/C19H22FNO3/c1-19(2,23)15-5-9-17(10-6-15)24-13-18(22)21-12-11-14-3-7-16(20)8-4-14/h3-10,23H,11-13H2,1-2H3,(H,21,22).